The number of benzene rings is 1. The average molecular weight is 238 g/mol. The Morgan fingerprint density at radius 2 is 2.24 bits per heavy atom. The molecule has 0 bridgehead atoms. The van der Waals surface area contributed by atoms with E-state index in [9.17, 15) is 19.3 Å². The fourth-order valence-electron chi connectivity index (χ4n) is 1.35. The molecule has 17 heavy (non-hydrogen) atoms. The second-order valence-electron chi connectivity index (χ2n) is 3.47. The van der Waals surface area contributed by atoms with Gasteiger partial charge in [0.05, 0.1) is 11.0 Å². The zero-order valence-corrected chi connectivity index (χ0v) is 9.14. The Bertz CT molecular complexity index is 498. The molecule has 0 saturated heterocycles. The molecule has 1 rings (SSSR count). The molecule has 0 saturated carbocycles. The number of nitrogens with two attached hydrogens (primary N) is 1. The number of halogens is 1. The van der Waals surface area contributed by atoms with Gasteiger partial charge < -0.3 is 5.73 Å². The van der Waals surface area contributed by atoms with Gasteiger partial charge in [-0.15, -0.1) is 0 Å². The Morgan fingerprint density at radius 1 is 1.59 bits per heavy atom. The van der Waals surface area contributed by atoms with Crippen LogP contribution < -0.4 is 5.73 Å². The molecule has 0 aliphatic carbocycles. The molecule has 90 valence electrons. The van der Waals surface area contributed by atoms with Crippen molar-refractivity contribution in [2.24, 2.45) is 5.73 Å². The van der Waals surface area contributed by atoms with Crippen LogP contribution in [0.5, 0.6) is 0 Å². The standard InChI is InChI=1S/C11H11FN2O3/c1-7-8(3-2-4-11(13)15)5-9(12)6-10(7)14(16)17/h2-3,5-6H,4H2,1H3,(H2,13,15). The lowest BCUT2D eigenvalue weighted by atomic mass is 10.1. The quantitative estimate of drug-likeness (QED) is 0.642. The molecule has 1 aromatic rings. The van der Waals surface area contributed by atoms with Crippen molar-refractivity contribution in [3.05, 3.63) is 45.3 Å². The lowest BCUT2D eigenvalue weighted by molar-refractivity contribution is -0.385. The highest BCUT2D eigenvalue weighted by Gasteiger charge is 2.14. The number of nitro groups is 1. The number of amides is 1. The summed E-state index contributed by atoms with van der Waals surface area (Å²) in [7, 11) is 0. The maximum atomic E-state index is 13.1. The molecule has 0 fully saturated rings. The Hall–Kier alpha value is -2.24. The molecule has 0 atom stereocenters. The zero-order chi connectivity index (χ0) is 13.0. The van der Waals surface area contributed by atoms with Crippen molar-refractivity contribution in [1.82, 2.24) is 0 Å². The summed E-state index contributed by atoms with van der Waals surface area (Å²) in [5.41, 5.74) is 5.35. The number of primary amides is 1. The molecule has 0 radical (unpaired) electrons. The first-order chi connectivity index (χ1) is 7.91. The van der Waals surface area contributed by atoms with Gasteiger partial charge in [0.25, 0.3) is 5.69 Å². The lowest BCUT2D eigenvalue weighted by Crippen LogP contribution is -2.07. The van der Waals surface area contributed by atoms with E-state index in [4.69, 9.17) is 5.73 Å². The fourth-order valence-corrected chi connectivity index (χ4v) is 1.35. The second-order valence-corrected chi connectivity index (χ2v) is 3.47. The van der Waals surface area contributed by atoms with Gasteiger partial charge in [0, 0.05) is 12.0 Å². The van der Waals surface area contributed by atoms with Crippen LogP contribution in [0.15, 0.2) is 18.2 Å². The molecule has 5 nitrogen and oxygen atoms in total. The van der Waals surface area contributed by atoms with E-state index in [1.54, 1.807) is 0 Å². The number of carbonyl (C=O) groups excluding carboxylic acids is 1. The molecule has 1 aromatic carbocycles. The molecule has 0 aliphatic rings. The van der Waals surface area contributed by atoms with Gasteiger partial charge in [-0.25, -0.2) is 4.39 Å². The number of carbonyl (C=O) groups is 1. The van der Waals surface area contributed by atoms with Gasteiger partial charge in [-0.3, -0.25) is 14.9 Å². The third-order valence-corrected chi connectivity index (χ3v) is 2.20. The zero-order valence-electron chi connectivity index (χ0n) is 9.14. The van der Waals surface area contributed by atoms with E-state index in [0.717, 1.165) is 6.07 Å². The van der Waals surface area contributed by atoms with Crippen LogP contribution in [-0.2, 0) is 4.79 Å². The van der Waals surface area contributed by atoms with Crippen molar-refractivity contribution >= 4 is 17.7 Å². The van der Waals surface area contributed by atoms with Crippen LogP contribution in [0.1, 0.15) is 17.5 Å². The van der Waals surface area contributed by atoms with E-state index >= 15 is 0 Å². The Balaban J connectivity index is 3.11. The number of hydrogen-bond acceptors (Lipinski definition) is 3. The van der Waals surface area contributed by atoms with Gasteiger partial charge in [-0.05, 0) is 18.6 Å². The highest BCUT2D eigenvalue weighted by atomic mass is 19.1. The topological polar surface area (TPSA) is 86.2 Å². The summed E-state index contributed by atoms with van der Waals surface area (Å²) in [6.45, 7) is 1.52. The summed E-state index contributed by atoms with van der Waals surface area (Å²) in [5, 5.41) is 10.6. The molecule has 0 aromatic heterocycles. The van der Waals surface area contributed by atoms with E-state index in [0.29, 0.717) is 11.1 Å². The predicted molar refractivity (Wildman–Crippen MR) is 60.6 cm³/mol. The van der Waals surface area contributed by atoms with E-state index in [-0.39, 0.29) is 12.1 Å². The van der Waals surface area contributed by atoms with Gasteiger partial charge in [-0.2, -0.15) is 0 Å². The minimum atomic E-state index is -0.693. The second kappa shape index (κ2) is 5.20. The SMILES string of the molecule is Cc1c(C=CCC(N)=O)cc(F)cc1[N+](=O)[O-]. The highest BCUT2D eigenvalue weighted by molar-refractivity contribution is 5.76. The molecule has 0 aliphatic heterocycles. The molecule has 0 heterocycles. The first-order valence-corrected chi connectivity index (χ1v) is 4.81. The minimum Gasteiger partial charge on any atom is -0.369 e. The van der Waals surface area contributed by atoms with Crippen molar-refractivity contribution in [3.8, 4) is 0 Å². The highest BCUT2D eigenvalue weighted by Crippen LogP contribution is 2.24. The van der Waals surface area contributed by atoms with Crippen LogP contribution in [0.2, 0.25) is 0 Å². The van der Waals surface area contributed by atoms with Crippen LogP contribution in [0.25, 0.3) is 6.08 Å². The van der Waals surface area contributed by atoms with Gasteiger partial charge in [-0.1, -0.05) is 12.2 Å². The summed E-state index contributed by atoms with van der Waals surface area (Å²) in [6, 6.07) is 2.03. The van der Waals surface area contributed by atoms with Gasteiger partial charge in [0.15, 0.2) is 0 Å². The third kappa shape index (κ3) is 3.37. The van der Waals surface area contributed by atoms with Crippen molar-refractivity contribution in [3.63, 3.8) is 0 Å². The fraction of sp³-hybridized carbons (Fsp3) is 0.182. The van der Waals surface area contributed by atoms with E-state index in [1.165, 1.54) is 25.1 Å². The number of rotatable bonds is 4. The van der Waals surface area contributed by atoms with Crippen molar-refractivity contribution in [2.45, 2.75) is 13.3 Å². The Kier molecular flexibility index (Phi) is 3.92. The molecule has 0 unspecified atom stereocenters. The molecule has 6 heteroatoms. The van der Waals surface area contributed by atoms with E-state index < -0.39 is 16.6 Å². The molecular weight excluding hydrogens is 227 g/mol. The molecule has 2 N–H and O–H groups in total. The van der Waals surface area contributed by atoms with Crippen molar-refractivity contribution in [2.75, 3.05) is 0 Å². The molecule has 0 spiro atoms. The van der Waals surface area contributed by atoms with Crippen molar-refractivity contribution in [1.29, 1.82) is 0 Å². The first-order valence-electron chi connectivity index (χ1n) is 4.81. The molecular formula is C11H11FN2O3. The molecule has 1 amide bonds. The van der Waals surface area contributed by atoms with Gasteiger partial charge >= 0.3 is 0 Å². The number of nitro benzene ring substituents is 1. The lowest BCUT2D eigenvalue weighted by Gasteiger charge is -2.02. The van der Waals surface area contributed by atoms with Gasteiger partial charge in [0.2, 0.25) is 5.91 Å². The van der Waals surface area contributed by atoms with E-state index in [2.05, 4.69) is 0 Å². The predicted octanol–water partition coefficient (Wildman–Crippen LogP) is 1.93. The smallest absolute Gasteiger partial charge is 0.275 e. The number of hydrogen-bond donors (Lipinski definition) is 1. The Labute approximate surface area is 96.9 Å². The summed E-state index contributed by atoms with van der Waals surface area (Å²) in [5.74, 6) is -1.22. The third-order valence-electron chi connectivity index (χ3n) is 2.20. The van der Waals surface area contributed by atoms with Crippen molar-refractivity contribution < 1.29 is 14.1 Å². The Morgan fingerprint density at radius 3 is 2.76 bits per heavy atom. The van der Waals surface area contributed by atoms with Crippen LogP contribution in [-0.4, -0.2) is 10.8 Å². The maximum Gasteiger partial charge on any atom is 0.275 e. The first kappa shape index (κ1) is 12.8. The average Bonchev–Trinajstić information content (AvgIpc) is 2.21. The van der Waals surface area contributed by atoms with E-state index in [1.807, 2.05) is 0 Å². The minimum absolute atomic E-state index is 0.00372. The summed E-state index contributed by atoms with van der Waals surface area (Å²) in [6.07, 6.45) is 2.88. The van der Waals surface area contributed by atoms with Crippen LogP contribution in [0.4, 0.5) is 10.1 Å². The normalized spacial score (nSPS) is 10.7. The van der Waals surface area contributed by atoms with Crippen LogP contribution in [0, 0.1) is 22.9 Å². The van der Waals surface area contributed by atoms with Crippen LogP contribution in [0.3, 0.4) is 0 Å². The maximum absolute atomic E-state index is 13.1. The summed E-state index contributed by atoms with van der Waals surface area (Å²) < 4.78 is 13.1. The summed E-state index contributed by atoms with van der Waals surface area (Å²) in [4.78, 5) is 20.5. The van der Waals surface area contributed by atoms with Crippen LogP contribution >= 0.6 is 0 Å². The monoisotopic (exact) mass is 238 g/mol. The largest absolute Gasteiger partial charge is 0.369 e. The number of nitrogens with zero attached hydrogens (tertiary/aromatic N) is 1. The summed E-state index contributed by atoms with van der Waals surface area (Å²) >= 11 is 0. The van der Waals surface area contributed by atoms with Gasteiger partial charge in [0.1, 0.15) is 5.82 Å².